The molecule has 4 rings (SSSR count). The summed E-state index contributed by atoms with van der Waals surface area (Å²) < 4.78 is 42.0. The number of hydrogen-bond acceptors (Lipinski definition) is 2. The Morgan fingerprint density at radius 1 is 0.800 bits per heavy atom. The van der Waals surface area contributed by atoms with Crippen LogP contribution in [0.2, 0.25) is 0 Å². The molecule has 0 N–H and O–H groups in total. The van der Waals surface area contributed by atoms with Crippen LogP contribution in [0.15, 0.2) is 73.1 Å². The molecule has 4 aromatic rings. The molecule has 0 unspecified atom stereocenters. The van der Waals surface area contributed by atoms with Gasteiger partial charge in [0.1, 0.15) is 0 Å². The number of aromatic nitrogens is 3. The fraction of sp³-hybridized carbons (Fsp3) is 0.0526. The van der Waals surface area contributed by atoms with Gasteiger partial charge in [-0.1, -0.05) is 30.3 Å². The molecule has 0 atom stereocenters. The number of imidazole rings is 1. The number of benzene rings is 2. The Labute approximate surface area is 141 Å². The Hall–Kier alpha value is -3.15. The SMILES string of the molecule is FC(F)(F)c1nc2cccc(-c3ccncc3)c2n1-c1ccccc1. The fourth-order valence-corrected chi connectivity index (χ4v) is 2.91. The van der Waals surface area contributed by atoms with E-state index in [-0.39, 0.29) is 0 Å². The van der Waals surface area contributed by atoms with Gasteiger partial charge in [-0.2, -0.15) is 13.2 Å². The van der Waals surface area contributed by atoms with Crippen LogP contribution in [0.25, 0.3) is 27.8 Å². The number of pyridine rings is 1. The van der Waals surface area contributed by atoms with Crippen molar-refractivity contribution >= 4 is 11.0 Å². The van der Waals surface area contributed by atoms with Gasteiger partial charge < -0.3 is 0 Å². The lowest BCUT2D eigenvalue weighted by Gasteiger charge is -2.13. The first-order chi connectivity index (χ1) is 12.1. The van der Waals surface area contributed by atoms with Crippen LogP contribution in [0.3, 0.4) is 0 Å². The maximum absolute atomic E-state index is 13.6. The summed E-state index contributed by atoms with van der Waals surface area (Å²) in [7, 11) is 0. The van der Waals surface area contributed by atoms with Crippen LogP contribution in [0.5, 0.6) is 0 Å². The average Bonchev–Trinajstić information content (AvgIpc) is 3.03. The molecular weight excluding hydrogens is 327 g/mol. The first kappa shape index (κ1) is 15.4. The molecule has 0 spiro atoms. The van der Waals surface area contributed by atoms with Crippen LogP contribution >= 0.6 is 0 Å². The minimum atomic E-state index is -4.57. The highest BCUT2D eigenvalue weighted by Crippen LogP contribution is 2.37. The Kier molecular flexibility index (Phi) is 3.53. The van der Waals surface area contributed by atoms with E-state index >= 15 is 0 Å². The van der Waals surface area contributed by atoms with Gasteiger partial charge in [0.25, 0.3) is 0 Å². The van der Waals surface area contributed by atoms with E-state index in [1.807, 2.05) is 0 Å². The molecule has 0 bridgehead atoms. The number of para-hydroxylation sites is 2. The van der Waals surface area contributed by atoms with E-state index < -0.39 is 12.0 Å². The van der Waals surface area contributed by atoms with Crippen LogP contribution in [-0.2, 0) is 6.18 Å². The van der Waals surface area contributed by atoms with Crippen LogP contribution < -0.4 is 0 Å². The summed E-state index contributed by atoms with van der Waals surface area (Å²) in [6.07, 6.45) is -1.34. The molecule has 3 nitrogen and oxygen atoms in total. The lowest BCUT2D eigenvalue weighted by Crippen LogP contribution is -2.14. The van der Waals surface area contributed by atoms with Gasteiger partial charge >= 0.3 is 6.18 Å². The maximum Gasteiger partial charge on any atom is 0.450 e. The van der Waals surface area contributed by atoms with Crippen molar-refractivity contribution < 1.29 is 13.2 Å². The van der Waals surface area contributed by atoms with Gasteiger partial charge in [0, 0.05) is 23.6 Å². The summed E-state index contributed by atoms with van der Waals surface area (Å²) in [5, 5.41) is 0. The Morgan fingerprint density at radius 3 is 2.20 bits per heavy atom. The molecule has 0 aliphatic rings. The molecule has 0 aliphatic carbocycles. The monoisotopic (exact) mass is 339 g/mol. The molecule has 0 radical (unpaired) electrons. The van der Waals surface area contributed by atoms with E-state index in [0.717, 1.165) is 5.56 Å². The number of alkyl halides is 3. The topological polar surface area (TPSA) is 30.7 Å². The first-order valence-electron chi connectivity index (χ1n) is 7.60. The predicted molar refractivity (Wildman–Crippen MR) is 89.3 cm³/mol. The van der Waals surface area contributed by atoms with Gasteiger partial charge in [-0.15, -0.1) is 0 Å². The standard InChI is InChI=1S/C19H12F3N3/c20-19(21,22)18-24-16-8-4-7-15(13-9-11-23-12-10-13)17(16)25(18)14-5-2-1-3-6-14/h1-12H. The van der Waals surface area contributed by atoms with Crippen molar-refractivity contribution in [3.8, 4) is 16.8 Å². The highest BCUT2D eigenvalue weighted by Gasteiger charge is 2.38. The molecule has 0 aliphatic heterocycles. The smallest absolute Gasteiger partial charge is 0.288 e. The van der Waals surface area contributed by atoms with Crippen LogP contribution in [0.1, 0.15) is 5.82 Å². The third-order valence-corrected chi connectivity index (χ3v) is 3.94. The van der Waals surface area contributed by atoms with Crippen molar-refractivity contribution in [1.82, 2.24) is 14.5 Å². The Bertz CT molecular complexity index is 1020. The molecule has 2 aromatic heterocycles. The molecule has 2 heterocycles. The molecule has 0 fully saturated rings. The zero-order valence-electron chi connectivity index (χ0n) is 12.9. The molecule has 124 valence electrons. The lowest BCUT2D eigenvalue weighted by molar-refractivity contribution is -0.145. The zero-order chi connectivity index (χ0) is 17.4. The molecule has 0 amide bonds. The zero-order valence-corrected chi connectivity index (χ0v) is 12.9. The second kappa shape index (κ2) is 5.73. The van der Waals surface area contributed by atoms with Crippen molar-refractivity contribution in [3.63, 3.8) is 0 Å². The van der Waals surface area contributed by atoms with Crippen LogP contribution in [-0.4, -0.2) is 14.5 Å². The summed E-state index contributed by atoms with van der Waals surface area (Å²) in [6.45, 7) is 0. The molecule has 0 saturated carbocycles. The summed E-state index contributed by atoms with van der Waals surface area (Å²) in [5.41, 5.74) is 2.59. The van der Waals surface area contributed by atoms with Crippen molar-refractivity contribution in [2.24, 2.45) is 0 Å². The Balaban J connectivity index is 2.13. The molecule has 2 aromatic carbocycles. The van der Waals surface area contributed by atoms with Crippen LogP contribution in [0, 0.1) is 0 Å². The second-order valence-corrected chi connectivity index (χ2v) is 5.51. The van der Waals surface area contributed by atoms with Crippen LogP contribution in [0.4, 0.5) is 13.2 Å². The third kappa shape index (κ3) is 2.65. The van der Waals surface area contributed by atoms with Gasteiger partial charge in [-0.25, -0.2) is 4.98 Å². The van der Waals surface area contributed by atoms with Gasteiger partial charge in [0.05, 0.1) is 11.0 Å². The summed E-state index contributed by atoms with van der Waals surface area (Å²) in [5.74, 6) is -0.935. The summed E-state index contributed by atoms with van der Waals surface area (Å²) in [4.78, 5) is 7.84. The van der Waals surface area contributed by atoms with Gasteiger partial charge in [0.15, 0.2) is 0 Å². The molecule has 25 heavy (non-hydrogen) atoms. The van der Waals surface area contributed by atoms with Gasteiger partial charge in [-0.3, -0.25) is 9.55 Å². The van der Waals surface area contributed by atoms with Crippen molar-refractivity contribution in [2.75, 3.05) is 0 Å². The molecular formula is C19H12F3N3. The molecule has 6 heteroatoms. The number of nitrogens with zero attached hydrogens (tertiary/aromatic N) is 3. The molecule has 0 saturated heterocycles. The lowest BCUT2D eigenvalue weighted by atomic mass is 10.1. The Morgan fingerprint density at radius 2 is 1.52 bits per heavy atom. The van der Waals surface area contributed by atoms with Gasteiger partial charge in [-0.05, 0) is 35.9 Å². The largest absolute Gasteiger partial charge is 0.450 e. The maximum atomic E-state index is 13.6. The highest BCUT2D eigenvalue weighted by atomic mass is 19.4. The predicted octanol–water partition coefficient (Wildman–Crippen LogP) is 5.11. The number of hydrogen-bond donors (Lipinski definition) is 0. The van der Waals surface area contributed by atoms with Crippen molar-refractivity contribution in [2.45, 2.75) is 6.18 Å². The van der Waals surface area contributed by atoms with Crippen molar-refractivity contribution in [3.05, 3.63) is 78.9 Å². The van der Waals surface area contributed by atoms with E-state index in [4.69, 9.17) is 0 Å². The second-order valence-electron chi connectivity index (χ2n) is 5.51. The van der Waals surface area contributed by atoms with E-state index in [1.165, 1.54) is 4.57 Å². The minimum Gasteiger partial charge on any atom is -0.288 e. The average molecular weight is 339 g/mol. The van der Waals surface area contributed by atoms with E-state index in [2.05, 4.69) is 9.97 Å². The van der Waals surface area contributed by atoms with Crippen molar-refractivity contribution in [1.29, 1.82) is 0 Å². The van der Waals surface area contributed by atoms with E-state index in [0.29, 0.717) is 22.3 Å². The third-order valence-electron chi connectivity index (χ3n) is 3.94. The first-order valence-corrected chi connectivity index (χ1v) is 7.60. The number of halogens is 3. The normalized spacial score (nSPS) is 11.8. The quantitative estimate of drug-likeness (QED) is 0.508. The summed E-state index contributed by atoms with van der Waals surface area (Å²) >= 11 is 0. The highest BCUT2D eigenvalue weighted by molar-refractivity contribution is 5.93. The fourth-order valence-electron chi connectivity index (χ4n) is 2.91. The number of fused-ring (bicyclic) bond motifs is 1. The van der Waals surface area contributed by atoms with Gasteiger partial charge in [0.2, 0.25) is 5.82 Å². The summed E-state index contributed by atoms with van der Waals surface area (Å²) in [6, 6.07) is 17.1. The minimum absolute atomic E-state index is 0.297. The van der Waals surface area contributed by atoms with E-state index in [1.54, 1.807) is 73.1 Å². The van der Waals surface area contributed by atoms with E-state index in [9.17, 15) is 13.2 Å². The number of rotatable bonds is 2.